The molecule has 0 unspecified atom stereocenters. The molecule has 0 spiro atoms. The molecule has 5 heteroatoms. The molecule has 0 aliphatic heterocycles. The van der Waals surface area contributed by atoms with Gasteiger partial charge in [-0.25, -0.2) is 9.97 Å². The Labute approximate surface area is 110 Å². The lowest BCUT2D eigenvalue weighted by Gasteiger charge is -2.03. The number of benzene rings is 1. The van der Waals surface area contributed by atoms with Gasteiger partial charge in [0, 0.05) is 21.6 Å². The van der Waals surface area contributed by atoms with Crippen LogP contribution in [0.3, 0.4) is 0 Å². The minimum atomic E-state index is 0.312. The van der Waals surface area contributed by atoms with Crippen LogP contribution in [0, 0.1) is 0 Å². The number of nitrogens with two attached hydrogens (primary N) is 1. The quantitative estimate of drug-likeness (QED) is 0.911. The Morgan fingerprint density at radius 2 is 1.81 bits per heavy atom. The van der Waals surface area contributed by atoms with Crippen molar-refractivity contribution in [3.8, 4) is 0 Å². The summed E-state index contributed by atoms with van der Waals surface area (Å²) in [5, 5.41) is 0. The molecular weight excluding hydrogens is 334 g/mol. The Hall–Kier alpha value is -0.940. The van der Waals surface area contributed by atoms with E-state index < -0.39 is 0 Å². The first kappa shape index (κ1) is 11.5. The molecule has 82 valence electrons. The van der Waals surface area contributed by atoms with Gasteiger partial charge in [0.1, 0.15) is 0 Å². The highest BCUT2D eigenvalue weighted by atomic mass is 79.9. The van der Waals surface area contributed by atoms with E-state index in [2.05, 4.69) is 54.0 Å². The van der Waals surface area contributed by atoms with Crippen LogP contribution in [0.1, 0.15) is 11.3 Å². The topological polar surface area (TPSA) is 51.8 Å². The predicted octanol–water partition coefficient (Wildman–Crippen LogP) is 3.17. The molecule has 0 saturated carbocycles. The fourth-order valence-corrected chi connectivity index (χ4v) is 2.82. The normalized spacial score (nSPS) is 10.4. The van der Waals surface area contributed by atoms with Gasteiger partial charge >= 0.3 is 0 Å². The summed E-state index contributed by atoms with van der Waals surface area (Å²) in [6, 6.07) is 7.98. The summed E-state index contributed by atoms with van der Waals surface area (Å²) < 4.78 is 2.08. The zero-order chi connectivity index (χ0) is 11.5. The van der Waals surface area contributed by atoms with Crippen LogP contribution in [0.5, 0.6) is 0 Å². The van der Waals surface area contributed by atoms with E-state index in [0.717, 1.165) is 21.1 Å². The van der Waals surface area contributed by atoms with Gasteiger partial charge in [-0.2, -0.15) is 0 Å². The molecule has 1 aromatic heterocycles. The van der Waals surface area contributed by atoms with Gasteiger partial charge in [0.15, 0.2) is 0 Å². The van der Waals surface area contributed by atoms with Crippen molar-refractivity contribution >= 4 is 37.8 Å². The maximum absolute atomic E-state index is 5.53. The molecule has 2 aromatic rings. The summed E-state index contributed by atoms with van der Waals surface area (Å²) >= 11 is 6.91. The van der Waals surface area contributed by atoms with E-state index in [9.17, 15) is 0 Å². The van der Waals surface area contributed by atoms with Gasteiger partial charge in [-0.05, 0) is 29.8 Å². The average molecular weight is 343 g/mol. The highest BCUT2D eigenvalue weighted by Crippen LogP contribution is 2.21. The first-order chi connectivity index (χ1) is 7.63. The largest absolute Gasteiger partial charge is 0.368 e. The standard InChI is InChI=1S/C11H9Br2N3/c12-8-3-7(4-9(13)6-8)5-10-1-2-15-11(14)16-10/h1-4,6H,5H2,(H2,14,15,16). The second-order valence-electron chi connectivity index (χ2n) is 3.36. The van der Waals surface area contributed by atoms with Crippen molar-refractivity contribution in [2.24, 2.45) is 0 Å². The Morgan fingerprint density at radius 1 is 1.12 bits per heavy atom. The molecule has 0 saturated heterocycles. The Bertz CT molecular complexity index is 494. The van der Waals surface area contributed by atoms with E-state index in [1.54, 1.807) is 6.20 Å². The Morgan fingerprint density at radius 3 is 2.44 bits per heavy atom. The van der Waals surface area contributed by atoms with Gasteiger partial charge in [0.05, 0.1) is 5.69 Å². The number of nitrogens with zero attached hydrogens (tertiary/aromatic N) is 2. The molecule has 16 heavy (non-hydrogen) atoms. The number of aromatic nitrogens is 2. The molecule has 1 heterocycles. The average Bonchev–Trinajstić information content (AvgIpc) is 2.15. The second kappa shape index (κ2) is 4.93. The molecule has 0 radical (unpaired) electrons. The van der Waals surface area contributed by atoms with Crippen LogP contribution in [0.25, 0.3) is 0 Å². The minimum Gasteiger partial charge on any atom is -0.368 e. The summed E-state index contributed by atoms with van der Waals surface area (Å²) in [7, 11) is 0. The number of rotatable bonds is 2. The highest BCUT2D eigenvalue weighted by Gasteiger charge is 2.01. The molecule has 0 aliphatic carbocycles. The maximum atomic E-state index is 5.53. The Balaban J connectivity index is 2.27. The van der Waals surface area contributed by atoms with Crippen molar-refractivity contribution in [2.75, 3.05) is 5.73 Å². The third-order valence-electron chi connectivity index (χ3n) is 2.04. The summed E-state index contributed by atoms with van der Waals surface area (Å²) in [5.74, 6) is 0.312. The number of hydrogen-bond donors (Lipinski definition) is 1. The lowest BCUT2D eigenvalue weighted by molar-refractivity contribution is 1.04. The first-order valence-electron chi connectivity index (χ1n) is 4.66. The smallest absolute Gasteiger partial charge is 0.220 e. The van der Waals surface area contributed by atoms with Crippen molar-refractivity contribution in [2.45, 2.75) is 6.42 Å². The fourth-order valence-electron chi connectivity index (χ4n) is 1.43. The number of anilines is 1. The monoisotopic (exact) mass is 341 g/mol. The summed E-state index contributed by atoms with van der Waals surface area (Å²) in [5.41, 5.74) is 7.61. The molecule has 3 nitrogen and oxygen atoms in total. The lowest BCUT2D eigenvalue weighted by Crippen LogP contribution is -1.99. The number of halogens is 2. The molecular formula is C11H9Br2N3. The molecule has 1 aromatic carbocycles. The van der Waals surface area contributed by atoms with Crippen LogP contribution in [0.4, 0.5) is 5.95 Å². The molecule has 0 amide bonds. The van der Waals surface area contributed by atoms with Crippen LogP contribution < -0.4 is 5.73 Å². The molecule has 0 atom stereocenters. The third kappa shape index (κ3) is 3.02. The maximum Gasteiger partial charge on any atom is 0.220 e. The highest BCUT2D eigenvalue weighted by molar-refractivity contribution is 9.11. The van der Waals surface area contributed by atoms with Crippen LogP contribution >= 0.6 is 31.9 Å². The van der Waals surface area contributed by atoms with E-state index in [4.69, 9.17) is 5.73 Å². The third-order valence-corrected chi connectivity index (χ3v) is 2.96. The zero-order valence-electron chi connectivity index (χ0n) is 8.32. The van der Waals surface area contributed by atoms with Crippen LogP contribution in [-0.2, 0) is 6.42 Å². The molecule has 2 N–H and O–H groups in total. The predicted molar refractivity (Wildman–Crippen MR) is 71.1 cm³/mol. The van der Waals surface area contributed by atoms with Gasteiger partial charge in [-0.15, -0.1) is 0 Å². The van der Waals surface area contributed by atoms with E-state index in [1.807, 2.05) is 12.1 Å². The van der Waals surface area contributed by atoms with Crippen molar-refractivity contribution in [1.29, 1.82) is 0 Å². The molecule has 0 fully saturated rings. The van der Waals surface area contributed by atoms with Crippen molar-refractivity contribution < 1.29 is 0 Å². The van der Waals surface area contributed by atoms with Crippen LogP contribution in [0.2, 0.25) is 0 Å². The van der Waals surface area contributed by atoms with Crippen LogP contribution in [-0.4, -0.2) is 9.97 Å². The number of hydrogen-bond acceptors (Lipinski definition) is 3. The summed E-state index contributed by atoms with van der Waals surface area (Å²) in [4.78, 5) is 8.03. The fraction of sp³-hybridized carbons (Fsp3) is 0.0909. The van der Waals surface area contributed by atoms with Crippen molar-refractivity contribution in [1.82, 2.24) is 9.97 Å². The van der Waals surface area contributed by atoms with Gasteiger partial charge in [0.2, 0.25) is 5.95 Å². The van der Waals surface area contributed by atoms with Gasteiger partial charge in [0.25, 0.3) is 0 Å². The SMILES string of the molecule is Nc1nccc(Cc2cc(Br)cc(Br)c2)n1. The second-order valence-corrected chi connectivity index (χ2v) is 5.19. The molecule has 2 rings (SSSR count). The Kier molecular flexibility index (Phi) is 3.56. The van der Waals surface area contributed by atoms with Crippen molar-refractivity contribution in [3.05, 3.63) is 50.7 Å². The van der Waals surface area contributed by atoms with E-state index in [-0.39, 0.29) is 0 Å². The summed E-state index contributed by atoms with van der Waals surface area (Å²) in [6.07, 6.45) is 2.41. The van der Waals surface area contributed by atoms with E-state index in [1.165, 1.54) is 5.56 Å². The molecule has 0 bridgehead atoms. The van der Waals surface area contributed by atoms with E-state index in [0.29, 0.717) is 5.95 Å². The zero-order valence-corrected chi connectivity index (χ0v) is 11.5. The van der Waals surface area contributed by atoms with Gasteiger partial charge in [-0.1, -0.05) is 31.9 Å². The molecule has 0 aliphatic rings. The van der Waals surface area contributed by atoms with Crippen molar-refractivity contribution in [3.63, 3.8) is 0 Å². The van der Waals surface area contributed by atoms with Gasteiger partial charge in [-0.3, -0.25) is 0 Å². The van der Waals surface area contributed by atoms with Gasteiger partial charge < -0.3 is 5.73 Å². The first-order valence-corrected chi connectivity index (χ1v) is 6.24. The lowest BCUT2D eigenvalue weighted by atomic mass is 10.1. The number of nitrogen functional groups attached to an aromatic ring is 1. The van der Waals surface area contributed by atoms with E-state index >= 15 is 0 Å². The minimum absolute atomic E-state index is 0.312. The van der Waals surface area contributed by atoms with Crippen LogP contribution in [0.15, 0.2) is 39.4 Å². The summed E-state index contributed by atoms with van der Waals surface area (Å²) in [6.45, 7) is 0.